The van der Waals surface area contributed by atoms with Crippen LogP contribution in [-0.2, 0) is 0 Å². The summed E-state index contributed by atoms with van der Waals surface area (Å²) in [6, 6.07) is 4.35. The zero-order valence-corrected chi connectivity index (χ0v) is 7.79. The number of benzene rings is 1. The fraction of sp³-hybridized carbons (Fsp3) is 0.400. The van der Waals surface area contributed by atoms with Gasteiger partial charge in [-0.1, -0.05) is 18.2 Å². The molecule has 0 aliphatic carbocycles. The van der Waals surface area contributed by atoms with Gasteiger partial charge < -0.3 is 10.8 Å². The van der Waals surface area contributed by atoms with Gasteiger partial charge in [0.25, 0.3) is 0 Å². The number of hydrogen-bond donors (Lipinski definition) is 2. The first-order valence-corrected chi connectivity index (χ1v) is 4.22. The molecular weight excluding hydrogens is 169 g/mol. The van der Waals surface area contributed by atoms with E-state index < -0.39 is 12.1 Å². The van der Waals surface area contributed by atoms with Crippen LogP contribution in [0.2, 0.25) is 0 Å². The molecule has 0 aliphatic heterocycles. The van der Waals surface area contributed by atoms with E-state index in [1.807, 2.05) is 0 Å². The van der Waals surface area contributed by atoms with Gasteiger partial charge in [0.15, 0.2) is 0 Å². The Hall–Kier alpha value is -0.930. The molecule has 2 atom stereocenters. The second-order valence-corrected chi connectivity index (χ2v) is 3.24. The standard InChI is InChI=1S/C10H14FNO/c1-6-4-3-5-8(9(6)11)10(12)7(2)13/h3-5,7,10,13H,12H2,1-2H3. The van der Waals surface area contributed by atoms with Crippen molar-refractivity contribution < 1.29 is 9.50 Å². The number of rotatable bonds is 2. The molecule has 2 unspecified atom stereocenters. The molecule has 2 nitrogen and oxygen atoms in total. The lowest BCUT2D eigenvalue weighted by Crippen LogP contribution is -2.24. The molecule has 0 amide bonds. The molecule has 0 aliphatic rings. The fourth-order valence-electron chi connectivity index (χ4n) is 1.19. The van der Waals surface area contributed by atoms with Gasteiger partial charge >= 0.3 is 0 Å². The van der Waals surface area contributed by atoms with Gasteiger partial charge in [0.1, 0.15) is 5.82 Å². The summed E-state index contributed by atoms with van der Waals surface area (Å²) >= 11 is 0. The van der Waals surface area contributed by atoms with Crippen molar-refractivity contribution in [1.29, 1.82) is 0 Å². The average molecular weight is 183 g/mol. The molecule has 1 aromatic carbocycles. The molecule has 0 heterocycles. The maximum absolute atomic E-state index is 13.4. The lowest BCUT2D eigenvalue weighted by Gasteiger charge is -2.16. The third-order valence-electron chi connectivity index (χ3n) is 2.10. The molecule has 3 N–H and O–H groups in total. The number of nitrogens with two attached hydrogens (primary N) is 1. The molecule has 13 heavy (non-hydrogen) atoms. The topological polar surface area (TPSA) is 46.2 Å². The molecule has 3 heteroatoms. The van der Waals surface area contributed by atoms with Crippen LogP contribution < -0.4 is 5.73 Å². The Kier molecular flexibility index (Phi) is 3.01. The van der Waals surface area contributed by atoms with Crippen molar-refractivity contribution >= 4 is 0 Å². The third-order valence-corrected chi connectivity index (χ3v) is 2.10. The van der Waals surface area contributed by atoms with Crippen LogP contribution in [0.3, 0.4) is 0 Å². The van der Waals surface area contributed by atoms with E-state index in [0.29, 0.717) is 11.1 Å². The molecule has 72 valence electrons. The van der Waals surface area contributed by atoms with E-state index in [1.165, 1.54) is 0 Å². The number of aliphatic hydroxyl groups excluding tert-OH is 1. The van der Waals surface area contributed by atoms with Crippen LogP contribution in [0.4, 0.5) is 4.39 Å². The highest BCUT2D eigenvalue weighted by Crippen LogP contribution is 2.20. The van der Waals surface area contributed by atoms with Gasteiger partial charge in [-0.15, -0.1) is 0 Å². The van der Waals surface area contributed by atoms with Gasteiger partial charge in [-0.05, 0) is 19.4 Å². The van der Waals surface area contributed by atoms with Crippen LogP contribution >= 0.6 is 0 Å². The predicted molar refractivity (Wildman–Crippen MR) is 49.7 cm³/mol. The molecule has 1 rings (SSSR count). The van der Waals surface area contributed by atoms with Gasteiger partial charge in [-0.3, -0.25) is 0 Å². The largest absolute Gasteiger partial charge is 0.391 e. The second-order valence-electron chi connectivity index (χ2n) is 3.24. The van der Waals surface area contributed by atoms with Crippen molar-refractivity contribution in [2.75, 3.05) is 0 Å². The zero-order chi connectivity index (χ0) is 10.0. The first-order chi connectivity index (χ1) is 6.04. The Bertz CT molecular complexity index is 299. The van der Waals surface area contributed by atoms with E-state index in [0.717, 1.165) is 0 Å². The van der Waals surface area contributed by atoms with Crippen LogP contribution in [0.15, 0.2) is 18.2 Å². The number of hydrogen-bond acceptors (Lipinski definition) is 2. The van der Waals surface area contributed by atoms with E-state index in [1.54, 1.807) is 32.0 Å². The molecule has 0 spiro atoms. The van der Waals surface area contributed by atoms with E-state index in [4.69, 9.17) is 5.73 Å². The van der Waals surface area contributed by atoms with Crippen LogP contribution in [0.1, 0.15) is 24.1 Å². The summed E-state index contributed by atoms with van der Waals surface area (Å²) in [5, 5.41) is 9.20. The molecule has 0 aromatic heterocycles. The molecule has 0 radical (unpaired) electrons. The van der Waals surface area contributed by atoms with Crippen LogP contribution in [-0.4, -0.2) is 11.2 Å². The predicted octanol–water partition coefficient (Wildman–Crippen LogP) is 1.51. The van der Waals surface area contributed by atoms with Crippen molar-refractivity contribution in [2.24, 2.45) is 5.73 Å². The second kappa shape index (κ2) is 3.85. The normalized spacial score (nSPS) is 15.5. The quantitative estimate of drug-likeness (QED) is 0.730. The third kappa shape index (κ3) is 2.05. The first-order valence-electron chi connectivity index (χ1n) is 4.22. The summed E-state index contributed by atoms with van der Waals surface area (Å²) in [6.45, 7) is 3.22. The fourth-order valence-corrected chi connectivity index (χ4v) is 1.19. The summed E-state index contributed by atoms with van der Waals surface area (Å²) in [4.78, 5) is 0. The minimum absolute atomic E-state index is 0.323. The Morgan fingerprint density at radius 2 is 2.08 bits per heavy atom. The van der Waals surface area contributed by atoms with Crippen LogP contribution in [0, 0.1) is 12.7 Å². The SMILES string of the molecule is Cc1cccc(C(N)C(C)O)c1F. The molecule has 0 saturated carbocycles. The minimum Gasteiger partial charge on any atom is -0.391 e. The summed E-state index contributed by atoms with van der Waals surface area (Å²) < 4.78 is 13.4. The van der Waals surface area contributed by atoms with Crippen molar-refractivity contribution in [1.82, 2.24) is 0 Å². The molecule has 0 saturated heterocycles. The Balaban J connectivity index is 3.07. The van der Waals surface area contributed by atoms with Gasteiger partial charge in [-0.2, -0.15) is 0 Å². The van der Waals surface area contributed by atoms with Gasteiger partial charge in [-0.25, -0.2) is 4.39 Å². The summed E-state index contributed by atoms with van der Waals surface area (Å²) in [5.74, 6) is -0.323. The molecule has 0 bridgehead atoms. The monoisotopic (exact) mass is 183 g/mol. The summed E-state index contributed by atoms with van der Waals surface area (Å²) in [5.41, 5.74) is 6.54. The zero-order valence-electron chi connectivity index (χ0n) is 7.79. The minimum atomic E-state index is -0.740. The van der Waals surface area contributed by atoms with Gasteiger partial charge in [0.05, 0.1) is 12.1 Å². The number of aryl methyl sites for hydroxylation is 1. The maximum atomic E-state index is 13.4. The van der Waals surface area contributed by atoms with Crippen molar-refractivity contribution in [3.63, 3.8) is 0 Å². The van der Waals surface area contributed by atoms with E-state index in [-0.39, 0.29) is 5.82 Å². The Labute approximate surface area is 77.2 Å². The van der Waals surface area contributed by atoms with Crippen molar-refractivity contribution in [3.05, 3.63) is 35.1 Å². The van der Waals surface area contributed by atoms with Crippen LogP contribution in [0.25, 0.3) is 0 Å². The highest BCUT2D eigenvalue weighted by molar-refractivity contribution is 5.27. The van der Waals surface area contributed by atoms with E-state index in [2.05, 4.69) is 0 Å². The average Bonchev–Trinajstić information content (AvgIpc) is 2.08. The van der Waals surface area contributed by atoms with E-state index in [9.17, 15) is 9.50 Å². The molecular formula is C10H14FNO. The number of halogens is 1. The van der Waals surface area contributed by atoms with Gasteiger partial charge in [0, 0.05) is 5.56 Å². The smallest absolute Gasteiger partial charge is 0.130 e. The summed E-state index contributed by atoms with van der Waals surface area (Å²) in [6.07, 6.45) is -0.740. The van der Waals surface area contributed by atoms with Gasteiger partial charge in [0.2, 0.25) is 0 Å². The highest BCUT2D eigenvalue weighted by atomic mass is 19.1. The summed E-state index contributed by atoms with van der Waals surface area (Å²) in [7, 11) is 0. The van der Waals surface area contributed by atoms with E-state index >= 15 is 0 Å². The molecule has 0 fully saturated rings. The lowest BCUT2D eigenvalue weighted by atomic mass is 10.0. The van der Waals surface area contributed by atoms with Crippen molar-refractivity contribution in [3.8, 4) is 0 Å². The van der Waals surface area contributed by atoms with Crippen molar-refractivity contribution in [2.45, 2.75) is 26.0 Å². The Morgan fingerprint density at radius 1 is 1.46 bits per heavy atom. The lowest BCUT2D eigenvalue weighted by molar-refractivity contribution is 0.162. The van der Waals surface area contributed by atoms with Crippen LogP contribution in [0.5, 0.6) is 0 Å². The Morgan fingerprint density at radius 3 is 2.62 bits per heavy atom. The number of aliphatic hydroxyl groups is 1. The maximum Gasteiger partial charge on any atom is 0.130 e. The molecule has 1 aromatic rings. The first kappa shape index (κ1) is 10.2. The highest BCUT2D eigenvalue weighted by Gasteiger charge is 2.16.